The van der Waals surface area contributed by atoms with Crippen LogP contribution in [0.25, 0.3) is 0 Å². The van der Waals surface area contributed by atoms with Crippen LogP contribution in [0.1, 0.15) is 43.6 Å². The number of nitrogens with zero attached hydrogens (tertiary/aromatic N) is 2. The van der Waals surface area contributed by atoms with Crippen LogP contribution in [0, 0.1) is 0 Å². The van der Waals surface area contributed by atoms with E-state index in [4.69, 9.17) is 21.1 Å². The highest BCUT2D eigenvalue weighted by Crippen LogP contribution is 2.23. The van der Waals surface area contributed by atoms with Crippen molar-refractivity contribution in [2.75, 3.05) is 13.7 Å². The number of ether oxygens (including phenoxy) is 2. The molecule has 1 heterocycles. The van der Waals surface area contributed by atoms with Crippen LogP contribution in [0.4, 0.5) is 0 Å². The van der Waals surface area contributed by atoms with Gasteiger partial charge in [0.1, 0.15) is 10.4 Å². The zero-order chi connectivity index (χ0) is 18.6. The third-order valence-electron chi connectivity index (χ3n) is 3.45. The summed E-state index contributed by atoms with van der Waals surface area (Å²) in [5.74, 6) is 0.0600. The van der Waals surface area contributed by atoms with Crippen molar-refractivity contribution >= 4 is 29.0 Å². The van der Waals surface area contributed by atoms with Crippen molar-refractivity contribution in [3.8, 4) is 5.75 Å². The Bertz CT molecular complexity index is 818. The van der Waals surface area contributed by atoms with Crippen molar-refractivity contribution in [1.82, 2.24) is 3.96 Å². The minimum atomic E-state index is -0.389. The number of aromatic nitrogens is 1. The normalized spacial score (nSPS) is 12.5. The Morgan fingerprint density at radius 1 is 1.36 bits per heavy atom. The number of hydrogen-bond donors (Lipinski definition) is 0. The van der Waals surface area contributed by atoms with E-state index in [2.05, 4.69) is 29.7 Å². The maximum Gasteiger partial charge on any atom is 0.282 e. The fourth-order valence-electron chi connectivity index (χ4n) is 2.11. The maximum atomic E-state index is 12.7. The van der Waals surface area contributed by atoms with Crippen molar-refractivity contribution in [3.63, 3.8) is 0 Å². The van der Waals surface area contributed by atoms with Crippen LogP contribution in [-0.4, -0.2) is 23.6 Å². The molecule has 0 radical (unpaired) electrons. The third kappa shape index (κ3) is 4.93. The summed E-state index contributed by atoms with van der Waals surface area (Å²) >= 11 is 7.45. The molecule has 2 aromatic rings. The monoisotopic (exact) mass is 382 g/mol. The molecule has 0 atom stereocenters. The van der Waals surface area contributed by atoms with Gasteiger partial charge in [0, 0.05) is 28.9 Å². The van der Waals surface area contributed by atoms with Gasteiger partial charge in [-0.05, 0) is 57.4 Å². The molecule has 0 N–H and O–H groups in total. The van der Waals surface area contributed by atoms with Crippen molar-refractivity contribution in [2.24, 2.45) is 4.99 Å². The number of carbonyl (C=O) groups excluding carboxylic acids is 1. The van der Waals surface area contributed by atoms with Gasteiger partial charge < -0.3 is 9.47 Å². The van der Waals surface area contributed by atoms with Crippen LogP contribution in [0.2, 0.25) is 5.02 Å². The number of halogens is 1. The molecule has 0 aliphatic heterocycles. The third-order valence-corrected chi connectivity index (χ3v) is 5.06. The Kier molecular flexibility index (Phi) is 6.43. The summed E-state index contributed by atoms with van der Waals surface area (Å²) in [4.78, 5) is 17.0. The average molecular weight is 383 g/mol. The Hall–Kier alpha value is -1.63. The van der Waals surface area contributed by atoms with E-state index < -0.39 is 0 Å². The topological polar surface area (TPSA) is 52.8 Å². The molecule has 1 amide bonds. The second kappa shape index (κ2) is 8.17. The largest absolute Gasteiger partial charge is 0.496 e. The van der Waals surface area contributed by atoms with Crippen LogP contribution in [0.5, 0.6) is 5.75 Å². The SMILES string of the molecule is CCOCc1cn(C(C)(C)C)sc1=NC(=O)c1cc(Cl)ccc1OC. The summed E-state index contributed by atoms with van der Waals surface area (Å²) in [6, 6.07) is 4.91. The second-order valence-corrected chi connectivity index (χ2v) is 7.85. The lowest BCUT2D eigenvalue weighted by molar-refractivity contribution is 0.0995. The van der Waals surface area contributed by atoms with Crippen LogP contribution in [0.3, 0.4) is 0 Å². The van der Waals surface area contributed by atoms with Gasteiger partial charge in [-0.15, -0.1) is 0 Å². The minimum absolute atomic E-state index is 0.101. The molecule has 0 bridgehead atoms. The number of carbonyl (C=O) groups is 1. The molecule has 0 aliphatic carbocycles. The molecule has 0 fully saturated rings. The van der Waals surface area contributed by atoms with E-state index in [1.807, 2.05) is 13.1 Å². The highest BCUT2D eigenvalue weighted by Gasteiger charge is 2.17. The summed E-state index contributed by atoms with van der Waals surface area (Å²) < 4.78 is 13.5. The summed E-state index contributed by atoms with van der Waals surface area (Å²) in [7, 11) is 1.51. The van der Waals surface area contributed by atoms with E-state index in [9.17, 15) is 4.79 Å². The molecular formula is C18H23ClN2O3S. The highest BCUT2D eigenvalue weighted by atomic mass is 35.5. The molecule has 0 saturated carbocycles. The molecule has 7 heteroatoms. The quantitative estimate of drug-likeness (QED) is 0.776. The summed E-state index contributed by atoms with van der Waals surface area (Å²) in [5, 5.41) is 0.463. The van der Waals surface area contributed by atoms with Gasteiger partial charge in [0.15, 0.2) is 0 Å². The predicted molar refractivity (Wildman–Crippen MR) is 101 cm³/mol. The first kappa shape index (κ1) is 19.7. The Balaban J connectivity index is 2.50. The molecule has 2 rings (SSSR count). The number of hydrogen-bond acceptors (Lipinski definition) is 4. The Labute approximate surface area is 157 Å². The van der Waals surface area contributed by atoms with Gasteiger partial charge >= 0.3 is 0 Å². The zero-order valence-electron chi connectivity index (χ0n) is 15.1. The molecular weight excluding hydrogens is 360 g/mol. The van der Waals surface area contributed by atoms with Crippen LogP contribution >= 0.6 is 23.1 Å². The number of benzene rings is 1. The van der Waals surface area contributed by atoms with Crippen LogP contribution in [-0.2, 0) is 16.9 Å². The first-order chi connectivity index (χ1) is 11.8. The lowest BCUT2D eigenvalue weighted by atomic mass is 10.1. The fraction of sp³-hybridized carbons (Fsp3) is 0.444. The Morgan fingerprint density at radius 3 is 2.68 bits per heavy atom. The minimum Gasteiger partial charge on any atom is -0.496 e. The summed E-state index contributed by atoms with van der Waals surface area (Å²) in [6.07, 6.45) is 1.99. The van der Waals surface area contributed by atoms with Gasteiger partial charge in [-0.1, -0.05) is 11.6 Å². The number of rotatable bonds is 5. The van der Waals surface area contributed by atoms with E-state index >= 15 is 0 Å². The predicted octanol–water partition coefficient (Wildman–Crippen LogP) is 4.24. The summed E-state index contributed by atoms with van der Waals surface area (Å²) in [5.41, 5.74) is 1.13. The van der Waals surface area contributed by atoms with Crippen LogP contribution < -0.4 is 9.41 Å². The smallest absolute Gasteiger partial charge is 0.282 e. The van der Waals surface area contributed by atoms with Gasteiger partial charge in [0.2, 0.25) is 0 Å². The fourth-order valence-corrected chi connectivity index (χ4v) is 3.27. The van der Waals surface area contributed by atoms with Gasteiger partial charge in [0.05, 0.1) is 19.3 Å². The number of methoxy groups -OCH3 is 1. The summed E-state index contributed by atoms with van der Waals surface area (Å²) in [6.45, 7) is 9.23. The van der Waals surface area contributed by atoms with E-state index in [-0.39, 0.29) is 11.4 Å². The van der Waals surface area contributed by atoms with E-state index in [1.165, 1.54) is 18.6 Å². The zero-order valence-corrected chi connectivity index (χ0v) is 16.7. The molecule has 25 heavy (non-hydrogen) atoms. The molecule has 0 aliphatic rings. The molecule has 0 saturated heterocycles. The van der Waals surface area contributed by atoms with Gasteiger partial charge in [-0.25, -0.2) is 0 Å². The first-order valence-electron chi connectivity index (χ1n) is 7.99. The standard InChI is InChI=1S/C18H23ClN2O3S/c1-6-24-11-12-10-21(18(2,3)4)25-17(12)20-16(22)14-9-13(19)7-8-15(14)23-5/h7-10H,6,11H2,1-5H3. The lowest BCUT2D eigenvalue weighted by Crippen LogP contribution is -2.18. The van der Waals surface area contributed by atoms with Gasteiger partial charge in [-0.3, -0.25) is 8.75 Å². The number of amides is 1. The highest BCUT2D eigenvalue weighted by molar-refractivity contribution is 7.04. The lowest BCUT2D eigenvalue weighted by Gasteiger charge is -2.19. The maximum absolute atomic E-state index is 12.7. The molecule has 136 valence electrons. The van der Waals surface area contributed by atoms with E-state index in [0.29, 0.717) is 34.2 Å². The molecule has 0 unspecified atom stereocenters. The molecule has 0 spiro atoms. The van der Waals surface area contributed by atoms with Crippen molar-refractivity contribution in [2.45, 2.75) is 39.8 Å². The Morgan fingerprint density at radius 2 is 2.08 bits per heavy atom. The molecule has 1 aromatic heterocycles. The van der Waals surface area contributed by atoms with E-state index in [0.717, 1.165) is 5.56 Å². The second-order valence-electron chi connectivity index (χ2n) is 6.45. The van der Waals surface area contributed by atoms with Crippen molar-refractivity contribution in [3.05, 3.63) is 45.2 Å². The van der Waals surface area contributed by atoms with Crippen molar-refractivity contribution in [1.29, 1.82) is 0 Å². The first-order valence-corrected chi connectivity index (χ1v) is 9.14. The van der Waals surface area contributed by atoms with E-state index in [1.54, 1.807) is 18.2 Å². The van der Waals surface area contributed by atoms with Crippen LogP contribution in [0.15, 0.2) is 29.4 Å². The van der Waals surface area contributed by atoms with Crippen molar-refractivity contribution < 1.29 is 14.3 Å². The van der Waals surface area contributed by atoms with Gasteiger partial charge in [0.25, 0.3) is 5.91 Å². The molecule has 5 nitrogen and oxygen atoms in total. The molecule has 1 aromatic carbocycles. The average Bonchev–Trinajstić information content (AvgIpc) is 2.95. The van der Waals surface area contributed by atoms with Gasteiger partial charge in [-0.2, -0.15) is 4.99 Å².